The van der Waals surface area contributed by atoms with Crippen molar-refractivity contribution in [2.24, 2.45) is 17.8 Å². The van der Waals surface area contributed by atoms with E-state index in [2.05, 4.69) is 20.1 Å². The summed E-state index contributed by atoms with van der Waals surface area (Å²) in [5, 5.41) is 9.58. The molecule has 3 saturated heterocycles. The third-order valence-corrected chi connectivity index (χ3v) is 10.7. The summed E-state index contributed by atoms with van der Waals surface area (Å²) in [6, 6.07) is 5.19. The van der Waals surface area contributed by atoms with Gasteiger partial charge in [0.1, 0.15) is 6.04 Å². The van der Waals surface area contributed by atoms with Gasteiger partial charge in [0.05, 0.1) is 23.2 Å². The van der Waals surface area contributed by atoms with Crippen molar-refractivity contribution >= 4 is 35.2 Å². The number of nitrogens with zero attached hydrogens (tertiary/aromatic N) is 2. The number of anilines is 1. The molecule has 8 heteroatoms. The Kier molecular flexibility index (Phi) is 9.27. The van der Waals surface area contributed by atoms with E-state index in [1.807, 2.05) is 38.1 Å². The molecule has 0 aliphatic carbocycles. The van der Waals surface area contributed by atoms with Gasteiger partial charge in [0.2, 0.25) is 5.91 Å². The van der Waals surface area contributed by atoms with E-state index >= 15 is 0 Å². The number of likely N-dealkylation sites (tertiary alicyclic amines) is 1. The Morgan fingerprint density at radius 2 is 1.92 bits per heavy atom. The maximum absolute atomic E-state index is 14.7. The summed E-state index contributed by atoms with van der Waals surface area (Å²) in [5.41, 5.74) is 2.78. The van der Waals surface area contributed by atoms with Crippen LogP contribution in [0.2, 0.25) is 0 Å². The Morgan fingerprint density at radius 1 is 1.21 bits per heavy atom. The highest BCUT2D eigenvalue weighted by atomic mass is 32.2. The van der Waals surface area contributed by atoms with Crippen molar-refractivity contribution in [2.45, 2.75) is 68.9 Å². The normalized spacial score (nSPS) is 28.9. The second-order valence-electron chi connectivity index (χ2n) is 11.1. The number of hydrogen-bond acceptors (Lipinski definition) is 6. The van der Waals surface area contributed by atoms with Crippen LogP contribution in [0.3, 0.4) is 0 Å². The van der Waals surface area contributed by atoms with E-state index in [0.29, 0.717) is 19.6 Å². The number of rotatable bonds is 13. The van der Waals surface area contributed by atoms with Crippen LogP contribution in [0.4, 0.5) is 5.69 Å². The number of aliphatic hydroxyl groups is 1. The van der Waals surface area contributed by atoms with Crippen molar-refractivity contribution in [1.82, 2.24) is 4.90 Å². The standard InChI is InChI=1S/C31H42N2O5S/c1-6-8-9-10-18-38-30(37)24-23-19-22(5)31(39-23)25(24)28(35)33(16-12-17-34)27(31)29(36)32(15-7-2)26-20(3)13-11-14-21(26)4/h6-7,11,13-14,22-25,27,34H,1-2,8-10,12,15-19H2,3-5H3/t22?,23-,24+,25+,27?,31?/m1/s1. The van der Waals surface area contributed by atoms with E-state index in [9.17, 15) is 19.5 Å². The lowest BCUT2D eigenvalue weighted by molar-refractivity contribution is -0.154. The average molecular weight is 555 g/mol. The van der Waals surface area contributed by atoms with E-state index in [1.165, 1.54) is 0 Å². The fourth-order valence-corrected chi connectivity index (χ4v) is 9.41. The number of benzene rings is 1. The van der Waals surface area contributed by atoms with Crippen LogP contribution in [0, 0.1) is 31.6 Å². The Morgan fingerprint density at radius 3 is 2.56 bits per heavy atom. The van der Waals surface area contributed by atoms with Crippen LogP contribution in [0.15, 0.2) is 43.5 Å². The zero-order valence-electron chi connectivity index (χ0n) is 23.4. The summed E-state index contributed by atoms with van der Waals surface area (Å²) in [4.78, 5) is 45.6. The van der Waals surface area contributed by atoms with E-state index in [0.717, 1.165) is 42.5 Å². The van der Waals surface area contributed by atoms with Crippen LogP contribution >= 0.6 is 11.8 Å². The molecule has 39 heavy (non-hydrogen) atoms. The fraction of sp³-hybridized carbons (Fsp3) is 0.581. The van der Waals surface area contributed by atoms with Gasteiger partial charge in [-0.3, -0.25) is 14.4 Å². The minimum absolute atomic E-state index is 0.0574. The van der Waals surface area contributed by atoms with Crippen molar-refractivity contribution in [3.8, 4) is 0 Å². The van der Waals surface area contributed by atoms with Crippen LogP contribution in [0.5, 0.6) is 0 Å². The quantitative estimate of drug-likeness (QED) is 0.220. The number of carbonyl (C=O) groups is 3. The SMILES string of the molecule is C=CCCCCOC(=O)[C@@H]1[C@H]2C(=O)N(CCCO)C(C(=O)N(CC=C)c3c(C)cccc3C)C23S[C@@H]1CC3C. The lowest BCUT2D eigenvalue weighted by atomic mass is 9.66. The Bertz CT molecular complexity index is 1100. The number of carbonyl (C=O) groups excluding carboxylic acids is 3. The smallest absolute Gasteiger partial charge is 0.310 e. The van der Waals surface area contributed by atoms with Crippen molar-refractivity contribution < 1.29 is 24.2 Å². The van der Waals surface area contributed by atoms with Gasteiger partial charge in [0, 0.05) is 30.6 Å². The van der Waals surface area contributed by atoms with Crippen LogP contribution in [-0.2, 0) is 19.1 Å². The number of thioether (sulfide) groups is 1. The number of ether oxygens (including phenoxy) is 1. The van der Waals surface area contributed by atoms with Crippen LogP contribution in [0.25, 0.3) is 0 Å². The molecule has 2 amide bonds. The minimum atomic E-state index is -0.740. The summed E-state index contributed by atoms with van der Waals surface area (Å²) >= 11 is 1.65. The van der Waals surface area contributed by atoms with Gasteiger partial charge in [0.25, 0.3) is 5.91 Å². The van der Waals surface area contributed by atoms with E-state index in [-0.39, 0.29) is 42.1 Å². The van der Waals surface area contributed by atoms with Gasteiger partial charge in [-0.25, -0.2) is 0 Å². The van der Waals surface area contributed by atoms with E-state index in [1.54, 1.807) is 27.6 Å². The molecule has 2 bridgehead atoms. The lowest BCUT2D eigenvalue weighted by Crippen LogP contribution is -2.57. The lowest BCUT2D eigenvalue weighted by Gasteiger charge is -2.41. The van der Waals surface area contributed by atoms with E-state index < -0.39 is 22.6 Å². The highest BCUT2D eigenvalue weighted by Crippen LogP contribution is 2.68. The van der Waals surface area contributed by atoms with Crippen LogP contribution in [0.1, 0.15) is 50.2 Å². The first-order valence-electron chi connectivity index (χ1n) is 14.1. The minimum Gasteiger partial charge on any atom is -0.465 e. The van der Waals surface area contributed by atoms with Gasteiger partial charge in [-0.1, -0.05) is 37.3 Å². The summed E-state index contributed by atoms with van der Waals surface area (Å²) < 4.78 is 4.98. The molecule has 0 saturated carbocycles. The maximum Gasteiger partial charge on any atom is 0.310 e. The van der Waals surface area contributed by atoms with Gasteiger partial charge in [-0.2, -0.15) is 0 Å². The first kappa shape index (κ1) is 29.4. The number of amides is 2. The Balaban J connectivity index is 1.72. The molecule has 0 aromatic heterocycles. The topological polar surface area (TPSA) is 87.1 Å². The van der Waals surface area contributed by atoms with Crippen LogP contribution < -0.4 is 4.90 Å². The van der Waals surface area contributed by atoms with Gasteiger partial charge in [0.15, 0.2) is 0 Å². The number of para-hydroxylation sites is 1. The molecule has 3 fully saturated rings. The van der Waals surface area contributed by atoms with Gasteiger partial charge < -0.3 is 19.6 Å². The second-order valence-corrected chi connectivity index (χ2v) is 12.6. The summed E-state index contributed by atoms with van der Waals surface area (Å²) in [7, 11) is 0. The third-order valence-electron chi connectivity index (χ3n) is 8.64. The molecule has 4 rings (SSSR count). The van der Waals surface area contributed by atoms with Crippen LogP contribution in [-0.4, -0.2) is 70.1 Å². The maximum atomic E-state index is 14.7. The number of allylic oxidation sites excluding steroid dienone is 1. The average Bonchev–Trinajstić information content (AvgIpc) is 3.49. The molecule has 1 aromatic carbocycles. The predicted molar refractivity (Wildman–Crippen MR) is 156 cm³/mol. The number of fused-ring (bicyclic) bond motifs is 1. The molecule has 1 aromatic rings. The number of aliphatic hydroxyl groups excluding tert-OH is 1. The zero-order chi connectivity index (χ0) is 28.3. The van der Waals surface area contributed by atoms with Gasteiger partial charge in [-0.05, 0) is 63.0 Å². The molecule has 6 atom stereocenters. The zero-order valence-corrected chi connectivity index (χ0v) is 24.3. The van der Waals surface area contributed by atoms with Crippen molar-refractivity contribution in [3.63, 3.8) is 0 Å². The van der Waals surface area contributed by atoms with Crippen molar-refractivity contribution in [2.75, 3.05) is 31.2 Å². The molecular weight excluding hydrogens is 512 g/mol. The Labute approximate surface area is 236 Å². The molecule has 1 N–H and O–H groups in total. The molecule has 3 unspecified atom stereocenters. The molecule has 3 aliphatic rings. The summed E-state index contributed by atoms with van der Waals surface area (Å²) in [6.07, 6.45) is 7.19. The highest BCUT2D eigenvalue weighted by Gasteiger charge is 2.76. The van der Waals surface area contributed by atoms with Crippen molar-refractivity contribution in [3.05, 3.63) is 54.6 Å². The number of hydrogen-bond donors (Lipinski definition) is 1. The molecule has 0 radical (unpaired) electrons. The molecule has 7 nitrogen and oxygen atoms in total. The third kappa shape index (κ3) is 5.06. The van der Waals surface area contributed by atoms with Gasteiger partial charge >= 0.3 is 5.97 Å². The highest BCUT2D eigenvalue weighted by molar-refractivity contribution is 8.02. The van der Waals surface area contributed by atoms with Crippen molar-refractivity contribution in [1.29, 1.82) is 0 Å². The van der Waals surface area contributed by atoms with Gasteiger partial charge in [-0.15, -0.1) is 24.9 Å². The monoisotopic (exact) mass is 554 g/mol. The number of aryl methyl sites for hydroxylation is 2. The molecule has 3 heterocycles. The number of esters is 1. The molecule has 1 spiro atoms. The predicted octanol–water partition coefficient (Wildman–Crippen LogP) is 4.44. The summed E-state index contributed by atoms with van der Waals surface area (Å²) in [5.74, 6) is -1.77. The largest absolute Gasteiger partial charge is 0.465 e. The second kappa shape index (κ2) is 12.3. The Hall–Kier alpha value is -2.58. The number of unbranched alkanes of at least 4 members (excludes halogenated alkanes) is 2. The summed E-state index contributed by atoms with van der Waals surface area (Å²) in [6.45, 7) is 14.5. The molecular formula is C31H42N2O5S. The molecule has 3 aliphatic heterocycles. The fourth-order valence-electron chi connectivity index (χ4n) is 7.01. The molecule has 212 valence electrons. The first-order chi connectivity index (χ1) is 18.7. The van der Waals surface area contributed by atoms with E-state index in [4.69, 9.17) is 4.74 Å². The first-order valence-corrected chi connectivity index (χ1v) is 15.0.